The van der Waals surface area contributed by atoms with Crippen molar-refractivity contribution in [3.63, 3.8) is 0 Å². The Kier molecular flexibility index (Phi) is 4.38. The summed E-state index contributed by atoms with van der Waals surface area (Å²) in [5.74, 6) is -0.186. The van der Waals surface area contributed by atoms with Crippen molar-refractivity contribution in [1.29, 1.82) is 0 Å². The number of hydrogen-bond acceptors (Lipinski definition) is 0. The second-order valence-electron chi connectivity index (χ2n) is 8.63. The van der Waals surface area contributed by atoms with Crippen LogP contribution in [0.4, 0.5) is 4.39 Å². The van der Waals surface area contributed by atoms with Crippen molar-refractivity contribution in [1.82, 2.24) is 0 Å². The minimum atomic E-state index is -0.186. The number of rotatable bonds is 2. The molecule has 0 aliphatic heterocycles. The predicted molar refractivity (Wildman–Crippen MR) is 99.1 cm³/mol. The third-order valence-electron chi connectivity index (χ3n) is 4.83. The van der Waals surface area contributed by atoms with Gasteiger partial charge >= 0.3 is 0 Å². The third kappa shape index (κ3) is 3.77. The molecule has 1 aliphatic rings. The molecular weight excluding hydrogens is 295 g/mol. The van der Waals surface area contributed by atoms with Gasteiger partial charge in [0.05, 0.1) is 0 Å². The summed E-state index contributed by atoms with van der Waals surface area (Å²) in [6, 6.07) is 18.2. The lowest BCUT2D eigenvalue weighted by Crippen LogP contribution is -2.30. The molecule has 1 aliphatic carbocycles. The van der Waals surface area contributed by atoms with Crippen molar-refractivity contribution < 1.29 is 4.39 Å². The molecule has 0 saturated heterocycles. The fourth-order valence-electron chi connectivity index (χ4n) is 4.56. The van der Waals surface area contributed by atoms with Gasteiger partial charge in [-0.15, -0.1) is 0 Å². The van der Waals surface area contributed by atoms with Gasteiger partial charge in [0.2, 0.25) is 0 Å². The van der Waals surface area contributed by atoms with Crippen molar-refractivity contribution in [2.75, 3.05) is 0 Å². The first-order chi connectivity index (χ1) is 11.3. The second-order valence-corrected chi connectivity index (χ2v) is 8.63. The smallest absolute Gasteiger partial charge is 0.123 e. The van der Waals surface area contributed by atoms with Crippen LogP contribution in [0.15, 0.2) is 54.1 Å². The molecule has 1 radical (unpaired) electrons. The van der Waals surface area contributed by atoms with Gasteiger partial charge in [0.1, 0.15) is 5.82 Å². The summed E-state index contributed by atoms with van der Waals surface area (Å²) < 4.78 is 13.4. The molecular formula is C23H26F. The zero-order valence-electron chi connectivity index (χ0n) is 15.1. The zero-order valence-corrected chi connectivity index (χ0v) is 15.1. The fraction of sp³-hybridized carbons (Fsp3) is 0.391. The maximum Gasteiger partial charge on any atom is 0.123 e. The standard InChI is InChI=1S/C23H26F/c1-22(2)14-19(15-23(3,4)16-22)21(17-8-6-5-7-9-17)18-10-12-20(24)13-11-18/h6-13H,14-16H2,1-4H3. The SMILES string of the molecule is CC1(C)CC(=C(c2cc[c]cc2)c2ccc(F)cc2)CC(C)(C)C1. The molecule has 0 spiro atoms. The average Bonchev–Trinajstić information content (AvgIpc) is 2.47. The van der Waals surface area contributed by atoms with Crippen LogP contribution in [-0.2, 0) is 0 Å². The molecule has 0 amide bonds. The lowest BCUT2D eigenvalue weighted by atomic mass is 9.62. The van der Waals surface area contributed by atoms with E-state index in [1.807, 2.05) is 24.3 Å². The Labute approximate surface area is 145 Å². The normalized spacial score (nSPS) is 19.1. The van der Waals surface area contributed by atoms with Crippen LogP contribution in [0.1, 0.15) is 58.1 Å². The summed E-state index contributed by atoms with van der Waals surface area (Å²) in [6.07, 6.45) is 3.40. The zero-order chi connectivity index (χ0) is 17.4. The van der Waals surface area contributed by atoms with Crippen molar-refractivity contribution in [3.8, 4) is 0 Å². The van der Waals surface area contributed by atoms with Gasteiger partial charge in [-0.05, 0) is 65.0 Å². The van der Waals surface area contributed by atoms with Gasteiger partial charge in [0, 0.05) is 0 Å². The Hall–Kier alpha value is -1.89. The molecule has 1 saturated carbocycles. The maximum atomic E-state index is 13.4. The van der Waals surface area contributed by atoms with Gasteiger partial charge in [0.15, 0.2) is 0 Å². The first-order valence-electron chi connectivity index (χ1n) is 8.70. The topological polar surface area (TPSA) is 0 Å². The first kappa shape index (κ1) is 17.0. The van der Waals surface area contributed by atoms with E-state index in [9.17, 15) is 4.39 Å². The fourth-order valence-corrected chi connectivity index (χ4v) is 4.56. The van der Waals surface area contributed by atoms with Crippen LogP contribution in [0, 0.1) is 22.7 Å². The van der Waals surface area contributed by atoms with E-state index in [0.29, 0.717) is 0 Å². The van der Waals surface area contributed by atoms with Crippen LogP contribution < -0.4 is 0 Å². The van der Waals surface area contributed by atoms with E-state index >= 15 is 0 Å². The summed E-state index contributed by atoms with van der Waals surface area (Å²) in [4.78, 5) is 0. The predicted octanol–water partition coefficient (Wildman–Crippen LogP) is 6.66. The largest absolute Gasteiger partial charge is 0.207 e. The van der Waals surface area contributed by atoms with Crippen LogP contribution in [0.3, 0.4) is 0 Å². The molecule has 0 atom stereocenters. The van der Waals surface area contributed by atoms with E-state index in [0.717, 1.165) is 18.4 Å². The van der Waals surface area contributed by atoms with Crippen molar-refractivity contribution in [3.05, 3.63) is 77.1 Å². The van der Waals surface area contributed by atoms with E-state index in [4.69, 9.17) is 0 Å². The van der Waals surface area contributed by atoms with Crippen LogP contribution in [0.2, 0.25) is 0 Å². The van der Waals surface area contributed by atoms with Crippen molar-refractivity contribution in [2.45, 2.75) is 47.0 Å². The molecule has 125 valence electrons. The van der Waals surface area contributed by atoms with Gasteiger partial charge in [0.25, 0.3) is 0 Å². The molecule has 3 rings (SSSR count). The van der Waals surface area contributed by atoms with Crippen molar-refractivity contribution in [2.24, 2.45) is 10.8 Å². The molecule has 0 unspecified atom stereocenters. The summed E-state index contributed by atoms with van der Waals surface area (Å²) in [7, 11) is 0. The monoisotopic (exact) mass is 321 g/mol. The van der Waals surface area contributed by atoms with Gasteiger partial charge in [-0.2, -0.15) is 0 Å². The van der Waals surface area contributed by atoms with Crippen LogP contribution in [0.5, 0.6) is 0 Å². The average molecular weight is 321 g/mol. The Morgan fingerprint density at radius 1 is 0.833 bits per heavy atom. The highest BCUT2D eigenvalue weighted by Crippen LogP contribution is 2.50. The Balaban J connectivity index is 2.18. The van der Waals surface area contributed by atoms with E-state index in [1.165, 1.54) is 23.1 Å². The van der Waals surface area contributed by atoms with Crippen LogP contribution >= 0.6 is 0 Å². The third-order valence-corrected chi connectivity index (χ3v) is 4.83. The summed E-state index contributed by atoms with van der Waals surface area (Å²) >= 11 is 0. The number of benzene rings is 2. The van der Waals surface area contributed by atoms with Gasteiger partial charge < -0.3 is 0 Å². The lowest BCUT2D eigenvalue weighted by molar-refractivity contribution is 0.154. The minimum absolute atomic E-state index is 0.186. The van der Waals surface area contributed by atoms with Crippen molar-refractivity contribution >= 4 is 5.57 Å². The Morgan fingerprint density at radius 3 is 1.88 bits per heavy atom. The summed E-state index contributed by atoms with van der Waals surface area (Å²) in [5.41, 5.74) is 5.61. The highest BCUT2D eigenvalue weighted by atomic mass is 19.1. The Bertz CT molecular complexity index is 715. The highest BCUT2D eigenvalue weighted by Gasteiger charge is 2.36. The summed E-state index contributed by atoms with van der Waals surface area (Å²) in [5, 5.41) is 0. The van der Waals surface area contributed by atoms with Gasteiger partial charge in [-0.1, -0.05) is 69.7 Å². The van der Waals surface area contributed by atoms with E-state index in [1.54, 1.807) is 12.1 Å². The van der Waals surface area contributed by atoms with E-state index in [-0.39, 0.29) is 16.6 Å². The van der Waals surface area contributed by atoms with Crippen LogP contribution in [0.25, 0.3) is 5.57 Å². The molecule has 24 heavy (non-hydrogen) atoms. The molecule has 0 N–H and O–H groups in total. The molecule has 0 nitrogen and oxygen atoms in total. The Morgan fingerprint density at radius 2 is 1.33 bits per heavy atom. The lowest BCUT2D eigenvalue weighted by Gasteiger charge is -2.43. The highest BCUT2D eigenvalue weighted by molar-refractivity contribution is 5.82. The molecule has 0 heterocycles. The van der Waals surface area contributed by atoms with E-state index < -0.39 is 0 Å². The number of halogens is 1. The molecule has 0 aromatic heterocycles. The number of allylic oxidation sites excluding steroid dienone is 1. The summed E-state index contributed by atoms with van der Waals surface area (Å²) in [6.45, 7) is 9.42. The molecule has 1 heteroatoms. The molecule has 2 aromatic rings. The van der Waals surface area contributed by atoms with E-state index in [2.05, 4.69) is 45.9 Å². The first-order valence-corrected chi connectivity index (χ1v) is 8.70. The molecule has 1 fully saturated rings. The second kappa shape index (κ2) is 6.20. The van der Waals surface area contributed by atoms with Crippen LogP contribution in [-0.4, -0.2) is 0 Å². The number of hydrogen-bond donors (Lipinski definition) is 0. The minimum Gasteiger partial charge on any atom is -0.207 e. The van der Waals surface area contributed by atoms with Gasteiger partial charge in [-0.3, -0.25) is 0 Å². The maximum absolute atomic E-state index is 13.4. The molecule has 0 bridgehead atoms. The molecule has 2 aromatic carbocycles. The quantitative estimate of drug-likeness (QED) is 0.580. The van der Waals surface area contributed by atoms with Gasteiger partial charge in [-0.25, -0.2) is 4.39 Å².